The van der Waals surface area contributed by atoms with E-state index < -0.39 is 0 Å². The first-order valence-electron chi connectivity index (χ1n) is 10.9. The Morgan fingerprint density at radius 1 is 1.00 bits per heavy atom. The van der Waals surface area contributed by atoms with Gasteiger partial charge in [-0.25, -0.2) is 0 Å². The maximum absolute atomic E-state index is 13.2. The van der Waals surface area contributed by atoms with E-state index >= 15 is 0 Å². The Balaban J connectivity index is 1.89. The fourth-order valence-electron chi connectivity index (χ4n) is 4.50. The number of carbonyl (C=O) groups is 3. The number of amides is 3. The van der Waals surface area contributed by atoms with Crippen molar-refractivity contribution in [3.8, 4) is 0 Å². The largest absolute Gasteiger partial charge is 0.370 e. The van der Waals surface area contributed by atoms with Crippen molar-refractivity contribution in [1.82, 2.24) is 10.6 Å². The summed E-state index contributed by atoms with van der Waals surface area (Å²) in [6.45, 7) is 0. The van der Waals surface area contributed by atoms with Crippen molar-refractivity contribution in [2.75, 3.05) is 0 Å². The fourth-order valence-corrected chi connectivity index (χ4v) is 4.50. The normalized spacial score (nSPS) is 23.0. The number of unbranched alkanes of at least 4 members (excludes halogenated alkanes) is 3. The molecule has 0 aromatic carbocycles. The third-order valence-electron chi connectivity index (χ3n) is 6.16. The predicted molar refractivity (Wildman–Crippen MR) is 106 cm³/mol. The zero-order valence-corrected chi connectivity index (χ0v) is 16.7. The van der Waals surface area contributed by atoms with Crippen LogP contribution in [0.5, 0.6) is 0 Å². The Kier molecular flexibility index (Phi) is 9.08. The second-order valence-electron chi connectivity index (χ2n) is 8.41. The lowest BCUT2D eigenvalue weighted by molar-refractivity contribution is -0.134. The first-order chi connectivity index (χ1) is 13.0. The molecule has 1 atom stereocenters. The van der Waals surface area contributed by atoms with Crippen molar-refractivity contribution in [1.29, 1.82) is 0 Å². The van der Waals surface area contributed by atoms with Crippen LogP contribution in [0.25, 0.3) is 0 Å². The van der Waals surface area contributed by atoms with E-state index in [2.05, 4.69) is 10.6 Å². The number of hydrogen-bond donors (Lipinski definition) is 3. The molecule has 0 aromatic heterocycles. The zero-order valence-electron chi connectivity index (χ0n) is 16.7. The van der Waals surface area contributed by atoms with Gasteiger partial charge in [-0.2, -0.15) is 0 Å². The molecular weight excluding hydrogens is 342 g/mol. The standard InChI is InChI=1S/C21H37N3O3/c22-17(25)11-5-1-2-8-14-21(15-9-3-4-10-16-21)20(27)24-18-12-6-7-13-19(26)23-18/h18H,1-16H2,(H2,22,25)(H,23,26)(H,24,27). The van der Waals surface area contributed by atoms with Crippen LogP contribution in [0.15, 0.2) is 0 Å². The Labute approximate surface area is 163 Å². The number of nitrogens with one attached hydrogen (secondary N) is 2. The maximum atomic E-state index is 13.2. The van der Waals surface area contributed by atoms with Gasteiger partial charge in [0.1, 0.15) is 6.17 Å². The molecule has 4 N–H and O–H groups in total. The molecule has 6 heteroatoms. The molecule has 6 nitrogen and oxygen atoms in total. The number of hydrogen-bond acceptors (Lipinski definition) is 3. The van der Waals surface area contributed by atoms with E-state index in [-0.39, 0.29) is 29.3 Å². The van der Waals surface area contributed by atoms with Crippen molar-refractivity contribution in [2.24, 2.45) is 11.1 Å². The highest BCUT2D eigenvalue weighted by molar-refractivity contribution is 5.84. The quantitative estimate of drug-likeness (QED) is 0.423. The Hall–Kier alpha value is -1.59. The lowest BCUT2D eigenvalue weighted by Crippen LogP contribution is -2.52. The van der Waals surface area contributed by atoms with Crippen LogP contribution in [0, 0.1) is 5.41 Å². The van der Waals surface area contributed by atoms with Crippen LogP contribution in [-0.4, -0.2) is 23.9 Å². The lowest BCUT2D eigenvalue weighted by Gasteiger charge is -2.33. The summed E-state index contributed by atoms with van der Waals surface area (Å²) in [4.78, 5) is 35.9. The smallest absolute Gasteiger partial charge is 0.227 e. The first-order valence-corrected chi connectivity index (χ1v) is 10.9. The molecular formula is C21H37N3O3. The summed E-state index contributed by atoms with van der Waals surface area (Å²) < 4.78 is 0. The Morgan fingerprint density at radius 2 is 1.70 bits per heavy atom. The van der Waals surface area contributed by atoms with Gasteiger partial charge in [0.05, 0.1) is 0 Å². The van der Waals surface area contributed by atoms with Crippen LogP contribution in [0.4, 0.5) is 0 Å². The minimum atomic E-state index is -0.294. The number of primary amides is 1. The highest BCUT2D eigenvalue weighted by Crippen LogP contribution is 2.40. The van der Waals surface area contributed by atoms with Gasteiger partial charge < -0.3 is 16.4 Å². The van der Waals surface area contributed by atoms with Crippen molar-refractivity contribution in [2.45, 2.75) is 109 Å². The molecule has 2 rings (SSSR count). The van der Waals surface area contributed by atoms with Gasteiger partial charge in [0.25, 0.3) is 0 Å². The summed E-state index contributed by atoms with van der Waals surface area (Å²) in [5.74, 6) is -0.0593. The maximum Gasteiger partial charge on any atom is 0.227 e. The van der Waals surface area contributed by atoms with Crippen molar-refractivity contribution in [3.63, 3.8) is 0 Å². The summed E-state index contributed by atoms with van der Waals surface area (Å²) in [5, 5.41) is 6.12. The van der Waals surface area contributed by atoms with E-state index in [4.69, 9.17) is 5.73 Å². The van der Waals surface area contributed by atoms with Gasteiger partial charge >= 0.3 is 0 Å². The minimum Gasteiger partial charge on any atom is -0.370 e. The minimum absolute atomic E-state index is 0.0437. The molecule has 0 spiro atoms. The van der Waals surface area contributed by atoms with Gasteiger partial charge in [-0.05, 0) is 44.9 Å². The number of rotatable bonds is 9. The van der Waals surface area contributed by atoms with Crippen LogP contribution in [0.3, 0.4) is 0 Å². The first kappa shape index (κ1) is 21.7. The Morgan fingerprint density at radius 3 is 2.41 bits per heavy atom. The van der Waals surface area contributed by atoms with E-state index in [0.717, 1.165) is 77.0 Å². The Bertz CT molecular complexity index is 499. The van der Waals surface area contributed by atoms with Gasteiger partial charge in [0, 0.05) is 18.3 Å². The molecule has 3 amide bonds. The second-order valence-corrected chi connectivity index (χ2v) is 8.41. The van der Waals surface area contributed by atoms with Gasteiger partial charge in [0.2, 0.25) is 17.7 Å². The van der Waals surface area contributed by atoms with Gasteiger partial charge in [0.15, 0.2) is 0 Å². The van der Waals surface area contributed by atoms with Gasteiger partial charge in [-0.15, -0.1) is 0 Å². The van der Waals surface area contributed by atoms with Crippen molar-refractivity contribution in [3.05, 3.63) is 0 Å². The number of nitrogens with two attached hydrogens (primary N) is 1. The molecule has 1 saturated carbocycles. The second kappa shape index (κ2) is 11.3. The molecule has 0 bridgehead atoms. The fraction of sp³-hybridized carbons (Fsp3) is 0.857. The van der Waals surface area contributed by atoms with E-state index in [1.165, 1.54) is 12.8 Å². The van der Waals surface area contributed by atoms with Crippen molar-refractivity contribution < 1.29 is 14.4 Å². The molecule has 27 heavy (non-hydrogen) atoms. The zero-order chi connectivity index (χ0) is 19.5. The summed E-state index contributed by atoms with van der Waals surface area (Å²) >= 11 is 0. The molecule has 154 valence electrons. The average Bonchev–Trinajstić information content (AvgIpc) is 2.98. The molecule has 0 radical (unpaired) electrons. The molecule has 1 unspecified atom stereocenters. The molecule has 1 aliphatic heterocycles. The highest BCUT2D eigenvalue weighted by atomic mass is 16.2. The van der Waals surface area contributed by atoms with Crippen LogP contribution in [0.2, 0.25) is 0 Å². The van der Waals surface area contributed by atoms with E-state index in [9.17, 15) is 14.4 Å². The van der Waals surface area contributed by atoms with Crippen molar-refractivity contribution >= 4 is 17.7 Å². The van der Waals surface area contributed by atoms with Crippen LogP contribution in [0.1, 0.15) is 103 Å². The van der Waals surface area contributed by atoms with Crippen LogP contribution < -0.4 is 16.4 Å². The molecule has 1 saturated heterocycles. The summed E-state index contributed by atoms with van der Waals surface area (Å²) in [6, 6.07) is 0. The highest BCUT2D eigenvalue weighted by Gasteiger charge is 2.38. The number of carbonyl (C=O) groups excluding carboxylic acids is 3. The monoisotopic (exact) mass is 379 g/mol. The summed E-state index contributed by atoms with van der Waals surface area (Å²) in [5.41, 5.74) is 4.90. The predicted octanol–water partition coefficient (Wildman–Crippen LogP) is 3.29. The topological polar surface area (TPSA) is 101 Å². The molecule has 0 aromatic rings. The SMILES string of the molecule is NC(=O)CCCCCCC1(C(=O)NC2CCCCC(=O)N2)CCCCCC1. The summed E-state index contributed by atoms with van der Waals surface area (Å²) in [6.07, 6.45) is 14.7. The molecule has 1 aliphatic carbocycles. The van der Waals surface area contributed by atoms with Gasteiger partial charge in [-0.1, -0.05) is 44.9 Å². The van der Waals surface area contributed by atoms with Crippen LogP contribution in [-0.2, 0) is 14.4 Å². The van der Waals surface area contributed by atoms with Crippen LogP contribution >= 0.6 is 0 Å². The van der Waals surface area contributed by atoms with E-state index in [1.807, 2.05) is 0 Å². The third-order valence-corrected chi connectivity index (χ3v) is 6.16. The molecule has 2 fully saturated rings. The van der Waals surface area contributed by atoms with E-state index in [1.54, 1.807) is 0 Å². The lowest BCUT2D eigenvalue weighted by atomic mass is 9.75. The molecule has 2 aliphatic rings. The summed E-state index contributed by atoms with van der Waals surface area (Å²) in [7, 11) is 0. The molecule has 1 heterocycles. The van der Waals surface area contributed by atoms with Gasteiger partial charge in [-0.3, -0.25) is 14.4 Å². The van der Waals surface area contributed by atoms with E-state index in [0.29, 0.717) is 12.8 Å². The third kappa shape index (κ3) is 7.51. The average molecular weight is 380 g/mol.